The lowest BCUT2D eigenvalue weighted by Crippen LogP contribution is -2.52. The number of amides is 2. The van der Waals surface area contributed by atoms with Gasteiger partial charge in [0.2, 0.25) is 11.8 Å². The largest absolute Gasteiger partial charge is 0.497 e. The molecule has 2 amide bonds. The molecule has 1 atom stereocenters. The van der Waals surface area contributed by atoms with Crippen LogP contribution in [0.4, 0.5) is 5.69 Å². The van der Waals surface area contributed by atoms with E-state index < -0.39 is 28.5 Å². The van der Waals surface area contributed by atoms with Gasteiger partial charge in [0.25, 0.3) is 10.0 Å². The van der Waals surface area contributed by atoms with E-state index >= 15 is 0 Å². The quantitative estimate of drug-likeness (QED) is 0.262. The third-order valence-electron chi connectivity index (χ3n) is 6.36. The molecule has 0 bridgehead atoms. The van der Waals surface area contributed by atoms with Gasteiger partial charge < -0.3 is 15.0 Å². The maximum Gasteiger partial charge on any atom is 0.264 e. The molecule has 3 aromatic rings. The van der Waals surface area contributed by atoms with Gasteiger partial charge in [0.05, 0.1) is 17.7 Å². The number of hydrogen-bond acceptors (Lipinski definition) is 5. The predicted octanol–water partition coefficient (Wildman–Crippen LogP) is 5.78. The van der Waals surface area contributed by atoms with Crippen molar-refractivity contribution in [1.82, 2.24) is 10.2 Å². The first-order valence-corrected chi connectivity index (χ1v) is 15.4. The van der Waals surface area contributed by atoms with Crippen LogP contribution in [0.1, 0.15) is 32.8 Å². The van der Waals surface area contributed by atoms with E-state index in [9.17, 15) is 18.0 Å². The fraction of sp³-hybridized carbons (Fsp3) is 0.333. The Morgan fingerprint density at radius 1 is 0.951 bits per heavy atom. The first-order valence-electron chi connectivity index (χ1n) is 13.2. The zero-order valence-electron chi connectivity index (χ0n) is 23.5. The second-order valence-corrected chi connectivity index (χ2v) is 12.6. The molecule has 0 saturated heterocycles. The van der Waals surface area contributed by atoms with E-state index in [0.29, 0.717) is 28.8 Å². The normalized spacial score (nSPS) is 12.1. The van der Waals surface area contributed by atoms with Gasteiger partial charge in [0.1, 0.15) is 18.3 Å². The minimum absolute atomic E-state index is 0.0434. The van der Waals surface area contributed by atoms with E-state index in [0.717, 1.165) is 9.87 Å². The molecule has 0 aliphatic rings. The Hall–Kier alpha value is -3.27. The van der Waals surface area contributed by atoms with Crippen LogP contribution in [0.5, 0.6) is 5.75 Å². The summed E-state index contributed by atoms with van der Waals surface area (Å²) < 4.78 is 34.0. The molecular weight excluding hydrogens is 585 g/mol. The van der Waals surface area contributed by atoms with Crippen molar-refractivity contribution in [3.8, 4) is 5.75 Å². The zero-order valence-corrected chi connectivity index (χ0v) is 25.8. The molecule has 0 fully saturated rings. The number of rotatable bonds is 13. The number of halogens is 2. The van der Waals surface area contributed by atoms with Gasteiger partial charge in [0.15, 0.2) is 0 Å². The summed E-state index contributed by atoms with van der Waals surface area (Å²) in [6.45, 7) is 5.74. The van der Waals surface area contributed by atoms with E-state index in [4.69, 9.17) is 27.9 Å². The second kappa shape index (κ2) is 14.6. The summed E-state index contributed by atoms with van der Waals surface area (Å²) in [7, 11) is -2.66. The molecule has 0 aliphatic carbocycles. The number of methoxy groups -OCH3 is 1. The smallest absolute Gasteiger partial charge is 0.264 e. The summed E-state index contributed by atoms with van der Waals surface area (Å²) in [6, 6.07) is 18.3. The molecule has 3 aromatic carbocycles. The minimum Gasteiger partial charge on any atom is -0.497 e. The lowest BCUT2D eigenvalue weighted by molar-refractivity contribution is -0.140. The number of ether oxygens (including phenoxy) is 1. The van der Waals surface area contributed by atoms with Crippen LogP contribution in [0.3, 0.4) is 0 Å². The van der Waals surface area contributed by atoms with Gasteiger partial charge in [-0.2, -0.15) is 0 Å². The number of carbonyl (C=O) groups is 2. The van der Waals surface area contributed by atoms with Crippen LogP contribution in [0.25, 0.3) is 0 Å². The Labute approximate surface area is 252 Å². The maximum absolute atomic E-state index is 14.1. The summed E-state index contributed by atoms with van der Waals surface area (Å²) in [6.07, 6.45) is 0.326. The van der Waals surface area contributed by atoms with Crippen LogP contribution in [0.15, 0.2) is 77.7 Å². The molecule has 41 heavy (non-hydrogen) atoms. The highest BCUT2D eigenvalue weighted by Gasteiger charge is 2.33. The van der Waals surface area contributed by atoms with Gasteiger partial charge >= 0.3 is 0 Å². The molecule has 0 unspecified atom stereocenters. The Kier molecular flexibility index (Phi) is 11.5. The van der Waals surface area contributed by atoms with Gasteiger partial charge in [-0.25, -0.2) is 8.42 Å². The minimum atomic E-state index is -4.22. The van der Waals surface area contributed by atoms with E-state index in [-0.39, 0.29) is 29.0 Å². The van der Waals surface area contributed by atoms with E-state index in [1.165, 1.54) is 35.2 Å². The first kappa shape index (κ1) is 32.2. The van der Waals surface area contributed by atoms with Crippen molar-refractivity contribution in [2.75, 3.05) is 24.5 Å². The zero-order chi connectivity index (χ0) is 30.2. The number of nitrogens with zero attached hydrogens (tertiary/aromatic N) is 2. The molecule has 3 rings (SSSR count). The SMILES string of the molecule is CC[C@@H](C(=O)NCC(C)C)N(Cc1ccc(OC)cc1)C(=O)CN(c1cccc(Cl)c1)S(=O)(=O)c1ccc(Cl)cc1. The van der Waals surface area contributed by atoms with Crippen LogP contribution in [0.2, 0.25) is 10.0 Å². The highest BCUT2D eigenvalue weighted by atomic mass is 35.5. The monoisotopic (exact) mass is 619 g/mol. The number of anilines is 1. The van der Waals surface area contributed by atoms with Crippen molar-refractivity contribution in [2.24, 2.45) is 5.92 Å². The molecule has 8 nitrogen and oxygen atoms in total. The summed E-state index contributed by atoms with van der Waals surface area (Å²) in [5, 5.41) is 3.59. The molecule has 0 heterocycles. The Morgan fingerprint density at radius 3 is 2.17 bits per heavy atom. The summed E-state index contributed by atoms with van der Waals surface area (Å²) >= 11 is 12.2. The summed E-state index contributed by atoms with van der Waals surface area (Å²) in [5.41, 5.74) is 0.964. The fourth-order valence-corrected chi connectivity index (χ4v) is 5.88. The lowest BCUT2D eigenvalue weighted by Gasteiger charge is -2.33. The lowest BCUT2D eigenvalue weighted by atomic mass is 10.1. The molecule has 0 saturated carbocycles. The standard InChI is InChI=1S/C30H35Cl2N3O5S/c1-5-28(30(37)33-18-21(2)3)34(19-22-9-13-26(40-4)14-10-22)29(36)20-35(25-8-6-7-24(32)17-25)41(38,39)27-15-11-23(31)12-16-27/h6-17,21,28H,5,18-20H2,1-4H3,(H,33,37)/t28-/m0/s1. The molecule has 0 spiro atoms. The highest BCUT2D eigenvalue weighted by molar-refractivity contribution is 7.92. The highest BCUT2D eigenvalue weighted by Crippen LogP contribution is 2.28. The molecule has 11 heteroatoms. The van der Waals surface area contributed by atoms with Crippen LogP contribution in [-0.2, 0) is 26.2 Å². The number of nitrogens with one attached hydrogen (secondary N) is 1. The molecule has 1 N–H and O–H groups in total. The predicted molar refractivity (Wildman–Crippen MR) is 163 cm³/mol. The van der Waals surface area contributed by atoms with Gasteiger partial charge in [-0.3, -0.25) is 13.9 Å². The van der Waals surface area contributed by atoms with Gasteiger partial charge in [-0.05, 0) is 72.5 Å². The van der Waals surface area contributed by atoms with E-state index in [1.807, 2.05) is 20.8 Å². The van der Waals surface area contributed by atoms with E-state index in [2.05, 4.69) is 5.32 Å². The number of carbonyl (C=O) groups excluding carboxylic acids is 2. The number of benzene rings is 3. The molecule has 0 radical (unpaired) electrons. The topological polar surface area (TPSA) is 96.0 Å². The summed E-state index contributed by atoms with van der Waals surface area (Å²) in [4.78, 5) is 28.7. The first-order chi connectivity index (χ1) is 19.5. The summed E-state index contributed by atoms with van der Waals surface area (Å²) in [5.74, 6) is 0.00220. The molecule has 0 aromatic heterocycles. The van der Waals surface area contributed by atoms with Gasteiger partial charge in [0, 0.05) is 23.1 Å². The van der Waals surface area contributed by atoms with Crippen LogP contribution in [-0.4, -0.2) is 51.4 Å². The van der Waals surface area contributed by atoms with Crippen molar-refractivity contribution < 1.29 is 22.7 Å². The van der Waals surface area contributed by atoms with Crippen molar-refractivity contribution in [3.05, 3.63) is 88.4 Å². The van der Waals surface area contributed by atoms with Crippen molar-refractivity contribution in [3.63, 3.8) is 0 Å². The van der Waals surface area contributed by atoms with Crippen molar-refractivity contribution >= 4 is 50.7 Å². The Balaban J connectivity index is 2.04. The molecule has 0 aliphatic heterocycles. The van der Waals surface area contributed by atoms with Crippen LogP contribution in [0, 0.1) is 5.92 Å². The maximum atomic E-state index is 14.1. The third-order valence-corrected chi connectivity index (χ3v) is 8.63. The van der Waals surface area contributed by atoms with Crippen LogP contribution < -0.4 is 14.4 Å². The van der Waals surface area contributed by atoms with Crippen LogP contribution >= 0.6 is 23.2 Å². The average Bonchev–Trinajstić information content (AvgIpc) is 2.95. The van der Waals surface area contributed by atoms with Crippen molar-refractivity contribution in [1.29, 1.82) is 0 Å². The van der Waals surface area contributed by atoms with Gasteiger partial charge in [-0.15, -0.1) is 0 Å². The third kappa shape index (κ3) is 8.61. The van der Waals surface area contributed by atoms with Gasteiger partial charge in [-0.1, -0.05) is 62.2 Å². The number of sulfonamides is 1. The average molecular weight is 621 g/mol. The second-order valence-electron chi connectivity index (χ2n) is 9.88. The number of hydrogen-bond donors (Lipinski definition) is 1. The van der Waals surface area contributed by atoms with E-state index in [1.54, 1.807) is 49.6 Å². The Bertz CT molecular complexity index is 1430. The van der Waals surface area contributed by atoms with Crippen molar-refractivity contribution in [2.45, 2.75) is 44.7 Å². The Morgan fingerprint density at radius 2 is 1.61 bits per heavy atom. The molecule has 220 valence electrons. The fourth-order valence-electron chi connectivity index (χ4n) is 4.16. The molecular formula is C30H35Cl2N3O5S.